The molecule has 2 amide bonds. The van der Waals surface area contributed by atoms with Crippen LogP contribution in [0.25, 0.3) is 0 Å². The van der Waals surface area contributed by atoms with Gasteiger partial charge in [-0.15, -0.1) is 0 Å². The average Bonchev–Trinajstić information content (AvgIpc) is 2.35. The van der Waals surface area contributed by atoms with Crippen LogP contribution in [0.1, 0.15) is 38.7 Å². The zero-order valence-corrected chi connectivity index (χ0v) is 12.3. The summed E-state index contributed by atoms with van der Waals surface area (Å²) in [6.45, 7) is 3.82. The van der Waals surface area contributed by atoms with Crippen molar-refractivity contribution in [2.24, 2.45) is 5.41 Å². The molecule has 112 valence electrons. The lowest BCUT2D eigenvalue weighted by Gasteiger charge is -2.34. The van der Waals surface area contributed by atoms with Crippen LogP contribution in [0.5, 0.6) is 0 Å². The molecule has 0 bridgehead atoms. The minimum Gasteiger partial charge on any atom is -0.481 e. The van der Waals surface area contributed by atoms with Crippen LogP contribution >= 0.6 is 0 Å². The Labute approximate surface area is 123 Å². The molecule has 1 aliphatic heterocycles. The van der Waals surface area contributed by atoms with E-state index in [0.717, 1.165) is 5.56 Å². The molecule has 1 aromatic rings. The van der Waals surface area contributed by atoms with Crippen LogP contribution in [0.4, 0.5) is 5.69 Å². The summed E-state index contributed by atoms with van der Waals surface area (Å²) in [5.41, 5.74) is 1.14. The molecule has 0 spiro atoms. The average molecular weight is 289 g/mol. The van der Waals surface area contributed by atoms with Crippen LogP contribution < -0.4 is 4.90 Å². The van der Waals surface area contributed by atoms with E-state index in [-0.39, 0.29) is 23.7 Å². The fraction of sp³-hybridized carbons (Fsp3) is 0.438. The Hall–Kier alpha value is -2.17. The van der Waals surface area contributed by atoms with Crippen LogP contribution in [-0.2, 0) is 20.8 Å². The van der Waals surface area contributed by atoms with Gasteiger partial charge < -0.3 is 5.11 Å². The highest BCUT2D eigenvalue weighted by molar-refractivity contribution is 6.16. The number of rotatable bonds is 4. The van der Waals surface area contributed by atoms with Crippen molar-refractivity contribution in [2.45, 2.75) is 39.5 Å². The molecule has 0 aliphatic carbocycles. The maximum Gasteiger partial charge on any atom is 0.303 e. The number of imide groups is 1. The van der Waals surface area contributed by atoms with Crippen molar-refractivity contribution in [2.75, 3.05) is 4.90 Å². The molecule has 5 heteroatoms. The summed E-state index contributed by atoms with van der Waals surface area (Å²) in [5.74, 6) is -1.22. The second kappa shape index (κ2) is 5.68. The molecular weight excluding hydrogens is 270 g/mol. The summed E-state index contributed by atoms with van der Waals surface area (Å²) in [6.07, 6.45) is 1.19. The quantitative estimate of drug-likeness (QED) is 0.864. The number of benzene rings is 1. The lowest BCUT2D eigenvalue weighted by atomic mass is 9.81. The van der Waals surface area contributed by atoms with E-state index in [0.29, 0.717) is 24.9 Å². The fourth-order valence-electron chi connectivity index (χ4n) is 2.53. The van der Waals surface area contributed by atoms with Gasteiger partial charge in [0.25, 0.3) is 0 Å². The molecule has 1 aliphatic rings. The molecule has 1 saturated heterocycles. The number of hydrogen-bond acceptors (Lipinski definition) is 3. The molecule has 0 radical (unpaired) electrons. The summed E-state index contributed by atoms with van der Waals surface area (Å²) in [7, 11) is 0. The summed E-state index contributed by atoms with van der Waals surface area (Å²) >= 11 is 0. The van der Waals surface area contributed by atoms with Crippen molar-refractivity contribution < 1.29 is 19.5 Å². The third-order valence-electron chi connectivity index (χ3n) is 3.58. The molecule has 1 aromatic carbocycles. The Morgan fingerprint density at radius 3 is 2.14 bits per heavy atom. The van der Waals surface area contributed by atoms with Crippen molar-refractivity contribution in [3.63, 3.8) is 0 Å². The fourth-order valence-corrected chi connectivity index (χ4v) is 2.53. The van der Waals surface area contributed by atoms with Gasteiger partial charge in [0.15, 0.2) is 0 Å². The Bertz CT molecular complexity index is 554. The van der Waals surface area contributed by atoms with E-state index in [2.05, 4.69) is 0 Å². The number of carboxylic acid groups (broad SMARTS) is 1. The van der Waals surface area contributed by atoms with Gasteiger partial charge >= 0.3 is 5.97 Å². The summed E-state index contributed by atoms with van der Waals surface area (Å²) < 4.78 is 0. The molecule has 2 rings (SSSR count). The van der Waals surface area contributed by atoms with Gasteiger partial charge in [-0.25, -0.2) is 0 Å². The van der Waals surface area contributed by atoms with Crippen LogP contribution in [-0.4, -0.2) is 22.9 Å². The third-order valence-corrected chi connectivity index (χ3v) is 3.58. The first kappa shape index (κ1) is 15.2. The monoisotopic (exact) mass is 289 g/mol. The van der Waals surface area contributed by atoms with Crippen molar-refractivity contribution in [3.8, 4) is 0 Å². The summed E-state index contributed by atoms with van der Waals surface area (Å²) in [4.78, 5) is 36.1. The zero-order valence-electron chi connectivity index (χ0n) is 12.3. The molecule has 0 atom stereocenters. The lowest BCUT2D eigenvalue weighted by molar-refractivity contribution is -0.137. The SMILES string of the molecule is CC1(C)CC(=O)N(c2ccc(CCC(=O)O)cc2)C(=O)C1. The van der Waals surface area contributed by atoms with E-state index in [1.54, 1.807) is 24.3 Å². The van der Waals surface area contributed by atoms with E-state index in [4.69, 9.17) is 5.11 Å². The zero-order chi connectivity index (χ0) is 15.6. The van der Waals surface area contributed by atoms with E-state index < -0.39 is 5.97 Å². The van der Waals surface area contributed by atoms with Gasteiger partial charge in [0.2, 0.25) is 11.8 Å². The minimum absolute atomic E-state index is 0.0646. The van der Waals surface area contributed by atoms with Crippen molar-refractivity contribution >= 4 is 23.5 Å². The van der Waals surface area contributed by atoms with Crippen LogP contribution in [0.3, 0.4) is 0 Å². The van der Waals surface area contributed by atoms with Gasteiger partial charge in [-0.1, -0.05) is 26.0 Å². The van der Waals surface area contributed by atoms with E-state index >= 15 is 0 Å². The highest BCUT2D eigenvalue weighted by Gasteiger charge is 2.38. The first-order valence-corrected chi connectivity index (χ1v) is 6.95. The number of nitrogens with zero attached hydrogens (tertiary/aromatic N) is 1. The Morgan fingerprint density at radius 1 is 1.14 bits per heavy atom. The van der Waals surface area contributed by atoms with Crippen LogP contribution in [0.2, 0.25) is 0 Å². The number of piperidine rings is 1. The number of anilines is 1. The molecular formula is C16H19NO4. The summed E-state index contributed by atoms with van der Waals surface area (Å²) in [5, 5.41) is 8.65. The van der Waals surface area contributed by atoms with Gasteiger partial charge in [-0.05, 0) is 29.5 Å². The van der Waals surface area contributed by atoms with E-state index in [1.165, 1.54) is 4.90 Å². The first-order valence-electron chi connectivity index (χ1n) is 6.95. The molecule has 21 heavy (non-hydrogen) atoms. The molecule has 1 heterocycles. The lowest BCUT2D eigenvalue weighted by Crippen LogP contribution is -2.46. The van der Waals surface area contributed by atoms with Crippen molar-refractivity contribution in [1.82, 2.24) is 0 Å². The highest BCUT2D eigenvalue weighted by atomic mass is 16.4. The van der Waals surface area contributed by atoms with Gasteiger partial charge in [0, 0.05) is 19.3 Å². The molecule has 0 unspecified atom stereocenters. The number of carbonyl (C=O) groups is 3. The second-order valence-electron chi connectivity index (χ2n) is 6.20. The predicted molar refractivity (Wildman–Crippen MR) is 77.9 cm³/mol. The smallest absolute Gasteiger partial charge is 0.303 e. The number of amides is 2. The summed E-state index contributed by atoms with van der Waals surface area (Å²) in [6, 6.07) is 6.92. The van der Waals surface area contributed by atoms with E-state index in [1.807, 2.05) is 13.8 Å². The standard InChI is InChI=1S/C16H19NO4/c1-16(2)9-13(18)17(14(19)10-16)12-6-3-11(4-7-12)5-8-15(20)21/h3-4,6-7H,5,8-10H2,1-2H3,(H,20,21). The predicted octanol–water partition coefficient (Wildman–Crippen LogP) is 2.38. The number of hydrogen-bond donors (Lipinski definition) is 1. The highest BCUT2D eigenvalue weighted by Crippen LogP contribution is 2.34. The van der Waals surface area contributed by atoms with Gasteiger partial charge in [0.1, 0.15) is 0 Å². The van der Waals surface area contributed by atoms with Crippen LogP contribution in [0, 0.1) is 5.41 Å². The van der Waals surface area contributed by atoms with Gasteiger partial charge in [0.05, 0.1) is 5.69 Å². The first-order chi connectivity index (χ1) is 9.78. The minimum atomic E-state index is -0.845. The Kier molecular flexibility index (Phi) is 4.11. The topological polar surface area (TPSA) is 74.7 Å². The molecule has 0 aromatic heterocycles. The van der Waals surface area contributed by atoms with E-state index in [9.17, 15) is 14.4 Å². The van der Waals surface area contributed by atoms with Crippen molar-refractivity contribution in [1.29, 1.82) is 0 Å². The number of carbonyl (C=O) groups excluding carboxylic acids is 2. The second-order valence-corrected chi connectivity index (χ2v) is 6.20. The number of carboxylic acids is 1. The Balaban J connectivity index is 2.13. The molecule has 0 saturated carbocycles. The molecule has 5 nitrogen and oxygen atoms in total. The van der Waals surface area contributed by atoms with Gasteiger partial charge in [-0.2, -0.15) is 0 Å². The molecule has 1 N–H and O–H groups in total. The molecule has 1 fully saturated rings. The largest absolute Gasteiger partial charge is 0.481 e. The number of aliphatic carboxylic acids is 1. The maximum atomic E-state index is 12.1. The van der Waals surface area contributed by atoms with Crippen LogP contribution in [0.15, 0.2) is 24.3 Å². The number of aryl methyl sites for hydroxylation is 1. The third kappa shape index (κ3) is 3.68. The Morgan fingerprint density at radius 2 is 1.67 bits per heavy atom. The normalized spacial score (nSPS) is 17.9. The van der Waals surface area contributed by atoms with Gasteiger partial charge in [-0.3, -0.25) is 19.3 Å². The van der Waals surface area contributed by atoms with Crippen molar-refractivity contribution in [3.05, 3.63) is 29.8 Å². The maximum absolute atomic E-state index is 12.1.